The van der Waals surface area contributed by atoms with Gasteiger partial charge in [-0.3, -0.25) is 0 Å². The fraction of sp³-hybridized carbons (Fsp3) is 0.400. The van der Waals surface area contributed by atoms with Crippen LogP contribution in [0.25, 0.3) is 0 Å². The van der Waals surface area contributed by atoms with E-state index in [4.69, 9.17) is 9.47 Å². The van der Waals surface area contributed by atoms with Crippen LogP contribution in [0.2, 0.25) is 0 Å². The summed E-state index contributed by atoms with van der Waals surface area (Å²) in [5, 5.41) is 10.0. The number of esters is 1. The highest BCUT2D eigenvalue weighted by molar-refractivity contribution is 5.83. The Labute approximate surface area is 112 Å². The fourth-order valence-electron chi connectivity index (χ4n) is 2.06. The largest absolute Gasteiger partial charge is 0.457 e. The van der Waals surface area contributed by atoms with Crippen LogP contribution in [0.5, 0.6) is 0 Å². The van der Waals surface area contributed by atoms with Crippen molar-refractivity contribution in [3.8, 4) is 0 Å². The van der Waals surface area contributed by atoms with Crippen LogP contribution >= 0.6 is 0 Å². The van der Waals surface area contributed by atoms with Crippen molar-refractivity contribution in [1.29, 1.82) is 0 Å². The van der Waals surface area contributed by atoms with Crippen LogP contribution in [-0.4, -0.2) is 23.0 Å². The lowest BCUT2D eigenvalue weighted by molar-refractivity contribution is -0.206. The van der Waals surface area contributed by atoms with Crippen LogP contribution in [0.15, 0.2) is 42.2 Å². The quantitative estimate of drug-likeness (QED) is 0.845. The minimum absolute atomic E-state index is 0.299. The van der Waals surface area contributed by atoms with Crippen LogP contribution in [0.3, 0.4) is 0 Å². The second-order valence-electron chi connectivity index (χ2n) is 5.08. The lowest BCUT2D eigenvalue weighted by Gasteiger charge is -2.31. The number of carbonyl (C=O) groups is 1. The molecular formula is C15H18O4. The Kier molecular flexibility index (Phi) is 3.90. The maximum atomic E-state index is 11.4. The molecule has 1 aliphatic heterocycles. The Hall–Kier alpha value is -1.81. The number of cyclic esters (lactones) is 1. The Morgan fingerprint density at radius 2 is 1.84 bits per heavy atom. The van der Waals surface area contributed by atoms with Gasteiger partial charge in [-0.25, -0.2) is 4.79 Å². The van der Waals surface area contributed by atoms with Gasteiger partial charge in [-0.2, -0.15) is 0 Å². The molecule has 0 aliphatic carbocycles. The first kappa shape index (κ1) is 13.6. The van der Waals surface area contributed by atoms with Gasteiger partial charge >= 0.3 is 5.97 Å². The predicted molar refractivity (Wildman–Crippen MR) is 70.1 cm³/mol. The summed E-state index contributed by atoms with van der Waals surface area (Å²) in [6.07, 6.45) is 1.53. The third-order valence-corrected chi connectivity index (χ3v) is 2.75. The molecule has 1 aromatic rings. The molecule has 102 valence electrons. The Bertz CT molecular complexity index is 476. The average Bonchev–Trinajstić information content (AvgIpc) is 2.26. The summed E-state index contributed by atoms with van der Waals surface area (Å²) in [6, 6.07) is 9.70. The topological polar surface area (TPSA) is 55.8 Å². The molecule has 0 radical (unpaired) electrons. The number of hydrogen-bond donors (Lipinski definition) is 1. The van der Waals surface area contributed by atoms with Gasteiger partial charge in [0, 0.05) is 20.3 Å². The van der Waals surface area contributed by atoms with Crippen LogP contribution in [0, 0.1) is 0 Å². The van der Waals surface area contributed by atoms with Crippen molar-refractivity contribution in [2.75, 3.05) is 0 Å². The van der Waals surface area contributed by atoms with Gasteiger partial charge in [0.15, 0.2) is 0 Å². The molecule has 2 rings (SSSR count). The lowest BCUT2D eigenvalue weighted by Crippen LogP contribution is -2.35. The summed E-state index contributed by atoms with van der Waals surface area (Å²) in [5.74, 6) is -0.934. The monoisotopic (exact) mass is 262 g/mol. The standard InChI is InChI=1S/C15H18O4/c1-15(2)18-13(10-14(17)19-15)9-12(16)8-11-6-4-3-5-7-11/h3-7,10,12,16H,8-9H2,1-2H3/t12-/m0/s1. The lowest BCUT2D eigenvalue weighted by atomic mass is 10.0. The van der Waals surface area contributed by atoms with E-state index in [9.17, 15) is 9.90 Å². The van der Waals surface area contributed by atoms with E-state index in [1.165, 1.54) is 6.08 Å². The van der Waals surface area contributed by atoms with Crippen LogP contribution in [0.4, 0.5) is 0 Å². The summed E-state index contributed by atoms with van der Waals surface area (Å²) >= 11 is 0. The third-order valence-electron chi connectivity index (χ3n) is 2.75. The zero-order valence-corrected chi connectivity index (χ0v) is 11.1. The smallest absolute Gasteiger partial charge is 0.337 e. The summed E-state index contributed by atoms with van der Waals surface area (Å²) in [5.41, 5.74) is 1.05. The Morgan fingerprint density at radius 1 is 1.16 bits per heavy atom. The van der Waals surface area contributed by atoms with Gasteiger partial charge in [-0.05, 0) is 12.0 Å². The second kappa shape index (κ2) is 5.45. The molecule has 0 saturated carbocycles. The van der Waals surface area contributed by atoms with Crippen LogP contribution in [-0.2, 0) is 20.7 Å². The molecule has 1 N–H and O–H groups in total. The van der Waals surface area contributed by atoms with Gasteiger partial charge in [0.25, 0.3) is 0 Å². The second-order valence-corrected chi connectivity index (χ2v) is 5.08. The van der Waals surface area contributed by atoms with Crippen molar-refractivity contribution >= 4 is 5.97 Å². The molecule has 1 atom stereocenters. The fourth-order valence-corrected chi connectivity index (χ4v) is 2.06. The first-order valence-electron chi connectivity index (χ1n) is 6.29. The summed E-state index contributed by atoms with van der Waals surface area (Å²) in [7, 11) is 0. The van der Waals surface area contributed by atoms with Crippen molar-refractivity contribution in [1.82, 2.24) is 0 Å². The Balaban J connectivity index is 1.95. The molecule has 19 heavy (non-hydrogen) atoms. The molecule has 1 aromatic carbocycles. The molecule has 4 heteroatoms. The van der Waals surface area contributed by atoms with Gasteiger partial charge in [0.2, 0.25) is 5.79 Å². The minimum atomic E-state index is -0.965. The summed E-state index contributed by atoms with van der Waals surface area (Å²) in [4.78, 5) is 11.4. The SMILES string of the molecule is CC1(C)OC(=O)C=C(C[C@@H](O)Cc2ccccc2)O1. The van der Waals surface area contributed by atoms with Gasteiger partial charge in [0.05, 0.1) is 12.2 Å². The molecule has 0 bridgehead atoms. The zero-order chi connectivity index (χ0) is 13.9. The van der Waals surface area contributed by atoms with Crippen molar-refractivity contribution < 1.29 is 19.4 Å². The minimum Gasteiger partial charge on any atom is -0.457 e. The van der Waals surface area contributed by atoms with E-state index in [1.54, 1.807) is 13.8 Å². The van der Waals surface area contributed by atoms with E-state index in [2.05, 4.69) is 0 Å². The summed E-state index contributed by atoms with van der Waals surface area (Å²) in [6.45, 7) is 3.34. The maximum Gasteiger partial charge on any atom is 0.337 e. The molecule has 0 fully saturated rings. The first-order valence-corrected chi connectivity index (χ1v) is 6.29. The number of ether oxygens (including phenoxy) is 2. The first-order chi connectivity index (χ1) is 8.94. The molecule has 0 aromatic heterocycles. The number of carbonyl (C=O) groups excluding carboxylic acids is 1. The summed E-state index contributed by atoms with van der Waals surface area (Å²) < 4.78 is 10.5. The number of aliphatic hydroxyl groups excluding tert-OH is 1. The number of aliphatic hydroxyl groups is 1. The Morgan fingerprint density at radius 3 is 2.47 bits per heavy atom. The molecule has 0 unspecified atom stereocenters. The van der Waals surface area contributed by atoms with Crippen molar-refractivity contribution in [3.05, 3.63) is 47.7 Å². The number of hydrogen-bond acceptors (Lipinski definition) is 4. The maximum absolute atomic E-state index is 11.4. The van der Waals surface area contributed by atoms with Gasteiger partial charge in [-0.15, -0.1) is 0 Å². The molecule has 4 nitrogen and oxygen atoms in total. The highest BCUT2D eigenvalue weighted by atomic mass is 16.7. The zero-order valence-electron chi connectivity index (χ0n) is 11.1. The van der Waals surface area contributed by atoms with Crippen molar-refractivity contribution in [3.63, 3.8) is 0 Å². The third kappa shape index (κ3) is 4.10. The molecule has 0 spiro atoms. The van der Waals surface area contributed by atoms with Crippen molar-refractivity contribution in [2.24, 2.45) is 0 Å². The predicted octanol–water partition coefficient (Wildman–Crippen LogP) is 2.17. The van der Waals surface area contributed by atoms with E-state index in [0.29, 0.717) is 18.6 Å². The van der Waals surface area contributed by atoms with E-state index in [-0.39, 0.29) is 0 Å². The molecule has 0 saturated heterocycles. The molecule has 1 aliphatic rings. The van der Waals surface area contributed by atoms with E-state index >= 15 is 0 Å². The van der Waals surface area contributed by atoms with Gasteiger partial charge in [0.1, 0.15) is 5.76 Å². The van der Waals surface area contributed by atoms with Gasteiger partial charge in [-0.1, -0.05) is 30.3 Å². The van der Waals surface area contributed by atoms with Gasteiger partial charge < -0.3 is 14.6 Å². The number of rotatable bonds is 4. The molecule has 0 amide bonds. The normalized spacial score (nSPS) is 19.1. The van der Waals surface area contributed by atoms with Crippen molar-refractivity contribution in [2.45, 2.75) is 38.6 Å². The highest BCUT2D eigenvalue weighted by Crippen LogP contribution is 2.25. The van der Waals surface area contributed by atoms with E-state index in [1.807, 2.05) is 30.3 Å². The van der Waals surface area contributed by atoms with E-state index in [0.717, 1.165) is 5.56 Å². The average molecular weight is 262 g/mol. The molecular weight excluding hydrogens is 244 g/mol. The molecule has 1 heterocycles. The number of benzene rings is 1. The van der Waals surface area contributed by atoms with Crippen LogP contribution in [0.1, 0.15) is 25.8 Å². The van der Waals surface area contributed by atoms with Crippen LogP contribution < -0.4 is 0 Å². The highest BCUT2D eigenvalue weighted by Gasteiger charge is 2.30. The van der Waals surface area contributed by atoms with E-state index < -0.39 is 17.9 Å².